The largest absolute Gasteiger partial charge is 0.480 e. The van der Waals surface area contributed by atoms with Gasteiger partial charge in [0.25, 0.3) is 0 Å². The normalized spacial score (nSPS) is 16.4. The van der Waals surface area contributed by atoms with Crippen molar-refractivity contribution in [3.8, 4) is 0 Å². The Morgan fingerprint density at radius 2 is 1.82 bits per heavy atom. The van der Waals surface area contributed by atoms with E-state index in [0.29, 0.717) is 0 Å². The quantitative estimate of drug-likeness (QED) is 0.726. The summed E-state index contributed by atoms with van der Waals surface area (Å²) in [6.07, 6.45) is -2.86. The Labute approximate surface area is 99.4 Å². The number of alkyl halides is 2. The molecule has 100 valence electrons. The van der Waals surface area contributed by atoms with E-state index in [9.17, 15) is 18.4 Å². The molecule has 0 aromatic rings. The first-order valence-corrected chi connectivity index (χ1v) is 5.60. The molecule has 0 fully saturated rings. The molecule has 0 aliphatic heterocycles. The van der Waals surface area contributed by atoms with Crippen molar-refractivity contribution >= 4 is 11.9 Å². The second kappa shape index (κ2) is 7.19. The molecule has 0 saturated heterocycles. The van der Waals surface area contributed by atoms with Crippen LogP contribution in [0.4, 0.5) is 8.78 Å². The van der Waals surface area contributed by atoms with Crippen molar-refractivity contribution in [2.45, 2.75) is 46.1 Å². The number of carbonyl (C=O) groups excluding carboxylic acids is 1. The molecule has 0 aromatic carbocycles. The molecule has 0 aliphatic rings. The van der Waals surface area contributed by atoms with Crippen molar-refractivity contribution in [2.24, 2.45) is 11.8 Å². The van der Waals surface area contributed by atoms with Gasteiger partial charge < -0.3 is 10.4 Å². The van der Waals surface area contributed by atoms with Crippen molar-refractivity contribution in [3.05, 3.63) is 0 Å². The fraction of sp³-hybridized carbons (Fsp3) is 0.818. The summed E-state index contributed by atoms with van der Waals surface area (Å²) in [5.74, 6) is -2.24. The smallest absolute Gasteiger partial charge is 0.326 e. The minimum atomic E-state index is -2.75. The molecule has 0 aromatic heterocycles. The summed E-state index contributed by atoms with van der Waals surface area (Å²) in [5.41, 5.74) is 0. The van der Waals surface area contributed by atoms with Crippen LogP contribution in [0.5, 0.6) is 0 Å². The maximum absolute atomic E-state index is 12.1. The van der Waals surface area contributed by atoms with Crippen molar-refractivity contribution < 1.29 is 23.5 Å². The topological polar surface area (TPSA) is 66.4 Å². The summed E-state index contributed by atoms with van der Waals surface area (Å²) >= 11 is 0. The van der Waals surface area contributed by atoms with E-state index in [1.165, 1.54) is 0 Å². The predicted octanol–water partition coefficient (Wildman–Crippen LogP) is 1.89. The molecule has 17 heavy (non-hydrogen) atoms. The highest BCUT2D eigenvalue weighted by atomic mass is 19.3. The molecular weight excluding hydrogens is 232 g/mol. The van der Waals surface area contributed by atoms with E-state index in [0.717, 1.165) is 6.42 Å². The molecule has 0 radical (unpaired) electrons. The van der Waals surface area contributed by atoms with Crippen molar-refractivity contribution in [2.75, 3.05) is 0 Å². The number of carbonyl (C=O) groups is 2. The average Bonchev–Trinajstić information content (AvgIpc) is 2.25. The number of amides is 1. The van der Waals surface area contributed by atoms with Crippen molar-refractivity contribution in [1.82, 2.24) is 5.32 Å². The van der Waals surface area contributed by atoms with Crippen LogP contribution in [-0.2, 0) is 9.59 Å². The lowest BCUT2D eigenvalue weighted by atomic mass is 9.92. The lowest BCUT2D eigenvalue weighted by Gasteiger charge is -2.21. The highest BCUT2D eigenvalue weighted by molar-refractivity contribution is 5.84. The fourth-order valence-electron chi connectivity index (χ4n) is 1.31. The SMILES string of the molecule is CCC(C)C(C)C(=O)NC(CC(F)F)C(=O)O. The van der Waals surface area contributed by atoms with Gasteiger partial charge in [-0.2, -0.15) is 0 Å². The minimum absolute atomic E-state index is 0.0796. The number of nitrogens with one attached hydrogen (secondary N) is 1. The zero-order valence-electron chi connectivity index (χ0n) is 10.2. The molecule has 0 aliphatic carbocycles. The lowest BCUT2D eigenvalue weighted by Crippen LogP contribution is -2.45. The van der Waals surface area contributed by atoms with Gasteiger partial charge in [-0.15, -0.1) is 0 Å². The predicted molar refractivity (Wildman–Crippen MR) is 58.8 cm³/mol. The minimum Gasteiger partial charge on any atom is -0.480 e. The second-order valence-electron chi connectivity index (χ2n) is 4.20. The first-order valence-electron chi connectivity index (χ1n) is 5.60. The van der Waals surface area contributed by atoms with Crippen LogP contribution in [0.3, 0.4) is 0 Å². The number of hydrogen-bond acceptors (Lipinski definition) is 2. The number of aliphatic carboxylic acids is 1. The van der Waals surface area contributed by atoms with Gasteiger partial charge >= 0.3 is 5.97 Å². The van der Waals surface area contributed by atoms with E-state index < -0.39 is 30.8 Å². The van der Waals surface area contributed by atoms with Gasteiger partial charge in [-0.1, -0.05) is 27.2 Å². The van der Waals surface area contributed by atoms with Crippen molar-refractivity contribution in [3.63, 3.8) is 0 Å². The third kappa shape index (κ3) is 5.60. The number of halogens is 2. The van der Waals surface area contributed by atoms with Crippen LogP contribution >= 0.6 is 0 Å². The molecule has 6 heteroatoms. The first kappa shape index (κ1) is 15.8. The third-order valence-electron chi connectivity index (χ3n) is 2.94. The monoisotopic (exact) mass is 251 g/mol. The molecule has 1 amide bonds. The Bertz CT molecular complexity index is 271. The van der Waals surface area contributed by atoms with E-state index in [-0.39, 0.29) is 11.8 Å². The molecule has 3 atom stereocenters. The first-order chi connectivity index (χ1) is 7.79. The summed E-state index contributed by atoms with van der Waals surface area (Å²) in [7, 11) is 0. The van der Waals surface area contributed by atoms with Crippen LogP contribution in [0.1, 0.15) is 33.6 Å². The van der Waals surface area contributed by atoms with Crippen LogP contribution in [0.2, 0.25) is 0 Å². The van der Waals surface area contributed by atoms with Crippen LogP contribution < -0.4 is 5.32 Å². The zero-order valence-corrected chi connectivity index (χ0v) is 10.2. The van der Waals surface area contributed by atoms with E-state index in [2.05, 4.69) is 5.32 Å². The van der Waals surface area contributed by atoms with Crippen LogP contribution in [0.15, 0.2) is 0 Å². The number of carboxylic acids is 1. The maximum atomic E-state index is 12.1. The second-order valence-corrected chi connectivity index (χ2v) is 4.20. The third-order valence-corrected chi connectivity index (χ3v) is 2.94. The zero-order chi connectivity index (χ0) is 13.6. The summed E-state index contributed by atoms with van der Waals surface area (Å²) in [4.78, 5) is 22.3. The van der Waals surface area contributed by atoms with Gasteiger partial charge in [0.2, 0.25) is 12.3 Å². The molecular formula is C11H19F2NO3. The molecule has 0 bridgehead atoms. The molecule has 4 nitrogen and oxygen atoms in total. The Morgan fingerprint density at radius 1 is 1.29 bits per heavy atom. The molecule has 3 unspecified atom stereocenters. The van der Waals surface area contributed by atoms with E-state index in [1.807, 2.05) is 13.8 Å². The number of hydrogen-bond donors (Lipinski definition) is 2. The molecule has 0 heterocycles. The number of carboxylic acid groups (broad SMARTS) is 1. The van der Waals surface area contributed by atoms with E-state index >= 15 is 0 Å². The summed E-state index contributed by atoms with van der Waals surface area (Å²) < 4.78 is 24.2. The number of rotatable bonds is 7. The van der Waals surface area contributed by atoms with Gasteiger partial charge in [0.15, 0.2) is 0 Å². The molecule has 0 spiro atoms. The Kier molecular flexibility index (Phi) is 6.68. The van der Waals surface area contributed by atoms with Crippen LogP contribution in [0, 0.1) is 11.8 Å². The fourth-order valence-corrected chi connectivity index (χ4v) is 1.31. The van der Waals surface area contributed by atoms with Crippen molar-refractivity contribution in [1.29, 1.82) is 0 Å². The highest BCUT2D eigenvalue weighted by Gasteiger charge is 2.27. The summed E-state index contributed by atoms with van der Waals surface area (Å²) in [6.45, 7) is 5.42. The van der Waals surface area contributed by atoms with Gasteiger partial charge in [-0.25, -0.2) is 13.6 Å². The molecule has 0 saturated carbocycles. The van der Waals surface area contributed by atoms with Gasteiger partial charge in [0.1, 0.15) is 6.04 Å². The maximum Gasteiger partial charge on any atom is 0.326 e. The summed E-state index contributed by atoms with van der Waals surface area (Å²) in [5, 5.41) is 10.8. The standard InChI is InChI=1S/C11H19F2NO3/c1-4-6(2)7(3)10(15)14-8(11(16)17)5-9(12)13/h6-9H,4-5H2,1-3H3,(H,14,15)(H,16,17). The molecule has 2 N–H and O–H groups in total. The lowest BCUT2D eigenvalue weighted by molar-refractivity contribution is -0.143. The van der Waals surface area contributed by atoms with Gasteiger partial charge in [-0.3, -0.25) is 4.79 Å². The van der Waals surface area contributed by atoms with Gasteiger partial charge in [0.05, 0.1) is 0 Å². The highest BCUT2D eigenvalue weighted by Crippen LogP contribution is 2.15. The Balaban J connectivity index is 4.45. The van der Waals surface area contributed by atoms with Gasteiger partial charge in [0, 0.05) is 12.3 Å². The molecule has 0 rings (SSSR count). The Morgan fingerprint density at radius 3 is 2.18 bits per heavy atom. The Hall–Kier alpha value is -1.20. The van der Waals surface area contributed by atoms with E-state index in [1.54, 1.807) is 6.92 Å². The van der Waals surface area contributed by atoms with Crippen LogP contribution in [-0.4, -0.2) is 29.5 Å². The average molecular weight is 251 g/mol. The van der Waals surface area contributed by atoms with E-state index in [4.69, 9.17) is 5.11 Å². The summed E-state index contributed by atoms with van der Waals surface area (Å²) in [6, 6.07) is -1.52. The van der Waals surface area contributed by atoms with Gasteiger partial charge in [-0.05, 0) is 5.92 Å². The van der Waals surface area contributed by atoms with Crippen LogP contribution in [0.25, 0.3) is 0 Å².